The maximum absolute atomic E-state index is 11.9. The molecule has 4 atom stereocenters. The fourth-order valence-corrected chi connectivity index (χ4v) is 4.32. The van der Waals surface area contributed by atoms with E-state index >= 15 is 0 Å². The van der Waals surface area contributed by atoms with Crippen molar-refractivity contribution in [2.45, 2.75) is 85.1 Å². The third kappa shape index (κ3) is 9.76. The molecular formula is C22H42N2O2S. The van der Waals surface area contributed by atoms with Crippen LogP contribution in [-0.4, -0.2) is 47.9 Å². The van der Waals surface area contributed by atoms with Crippen LogP contribution in [0.2, 0.25) is 0 Å². The monoisotopic (exact) mass is 398 g/mol. The number of ether oxygens (including phenoxy) is 1. The zero-order chi connectivity index (χ0) is 20.7. The van der Waals surface area contributed by atoms with E-state index < -0.39 is 0 Å². The Kier molecular flexibility index (Phi) is 15.6. The largest absolute Gasteiger partial charge is 0.447 e. The Morgan fingerprint density at radius 1 is 1.37 bits per heavy atom. The molecule has 1 amide bonds. The van der Waals surface area contributed by atoms with Gasteiger partial charge in [0, 0.05) is 12.3 Å². The third-order valence-electron chi connectivity index (χ3n) is 4.74. The van der Waals surface area contributed by atoms with Gasteiger partial charge < -0.3 is 10.1 Å². The van der Waals surface area contributed by atoms with Crippen LogP contribution >= 0.6 is 11.8 Å². The molecule has 0 aromatic carbocycles. The molecule has 2 rings (SSSR count). The first kappa shape index (κ1) is 26.1. The summed E-state index contributed by atoms with van der Waals surface area (Å²) < 4.78 is 5.08. The number of thioether (sulfide) groups is 1. The number of nitrogens with one attached hydrogen (secondary N) is 1. The average molecular weight is 399 g/mol. The van der Waals surface area contributed by atoms with Crippen molar-refractivity contribution < 1.29 is 9.53 Å². The van der Waals surface area contributed by atoms with Crippen molar-refractivity contribution in [3.05, 3.63) is 0 Å². The molecule has 2 aliphatic heterocycles. The molecule has 27 heavy (non-hydrogen) atoms. The highest BCUT2D eigenvalue weighted by molar-refractivity contribution is 8.00. The second-order valence-corrected chi connectivity index (χ2v) is 8.34. The predicted molar refractivity (Wildman–Crippen MR) is 119 cm³/mol. The SMILES string of the molecule is C#CC([C@@H](CCC1NCCS1)CC(C)CC)N1CCOC1=O.CC.CCC. The van der Waals surface area contributed by atoms with Gasteiger partial charge in [-0.3, -0.25) is 4.90 Å². The van der Waals surface area contributed by atoms with E-state index in [1.807, 2.05) is 25.6 Å². The zero-order valence-electron chi connectivity index (χ0n) is 18.4. The molecule has 0 saturated carbocycles. The van der Waals surface area contributed by atoms with E-state index in [1.54, 1.807) is 4.90 Å². The predicted octanol–water partition coefficient (Wildman–Crippen LogP) is 5.38. The Morgan fingerprint density at radius 2 is 2.04 bits per heavy atom. The highest BCUT2D eigenvalue weighted by atomic mass is 32.2. The number of nitrogens with zero attached hydrogens (tertiary/aromatic N) is 1. The number of terminal acetylenes is 1. The van der Waals surface area contributed by atoms with Gasteiger partial charge in [-0.25, -0.2) is 4.79 Å². The summed E-state index contributed by atoms with van der Waals surface area (Å²) in [4.78, 5) is 13.6. The molecule has 1 N–H and O–H groups in total. The fourth-order valence-electron chi connectivity index (χ4n) is 3.26. The molecule has 0 aromatic rings. The van der Waals surface area contributed by atoms with Gasteiger partial charge in [0.2, 0.25) is 0 Å². The Bertz CT molecular complexity index is 419. The molecule has 0 aliphatic carbocycles. The second-order valence-electron chi connectivity index (χ2n) is 7.03. The summed E-state index contributed by atoms with van der Waals surface area (Å²) in [5.74, 6) is 5.05. The van der Waals surface area contributed by atoms with Crippen LogP contribution in [0, 0.1) is 24.2 Å². The number of carbonyl (C=O) groups is 1. The first-order valence-electron chi connectivity index (χ1n) is 10.8. The van der Waals surface area contributed by atoms with Gasteiger partial charge in [-0.2, -0.15) is 0 Å². The lowest BCUT2D eigenvalue weighted by atomic mass is 9.84. The van der Waals surface area contributed by atoms with Crippen LogP contribution in [0.15, 0.2) is 0 Å². The molecule has 4 nitrogen and oxygen atoms in total. The van der Waals surface area contributed by atoms with Gasteiger partial charge in [-0.05, 0) is 31.1 Å². The van der Waals surface area contributed by atoms with Crippen LogP contribution in [0.25, 0.3) is 0 Å². The Labute approximate surface area is 172 Å². The molecule has 2 heterocycles. The summed E-state index contributed by atoms with van der Waals surface area (Å²) in [7, 11) is 0. The van der Waals surface area contributed by atoms with E-state index in [0.717, 1.165) is 32.2 Å². The van der Waals surface area contributed by atoms with Crippen LogP contribution in [0.5, 0.6) is 0 Å². The number of hydrogen-bond acceptors (Lipinski definition) is 4. The number of cyclic esters (lactones) is 1. The fraction of sp³-hybridized carbons (Fsp3) is 0.864. The van der Waals surface area contributed by atoms with Crippen molar-refractivity contribution in [3.8, 4) is 12.3 Å². The smallest absolute Gasteiger partial charge is 0.410 e. The number of amides is 1. The molecule has 0 radical (unpaired) electrons. The maximum atomic E-state index is 11.9. The summed E-state index contributed by atoms with van der Waals surface area (Å²) in [5, 5.41) is 4.07. The summed E-state index contributed by atoms with van der Waals surface area (Å²) in [5.41, 5.74) is 0. The minimum absolute atomic E-state index is 0.129. The molecule has 0 aromatic heterocycles. The van der Waals surface area contributed by atoms with E-state index in [1.165, 1.54) is 12.2 Å². The summed E-state index contributed by atoms with van der Waals surface area (Å²) in [6, 6.07) is -0.129. The lowest BCUT2D eigenvalue weighted by Crippen LogP contribution is -2.41. The zero-order valence-corrected chi connectivity index (χ0v) is 19.2. The van der Waals surface area contributed by atoms with Crippen molar-refractivity contribution >= 4 is 17.9 Å². The quantitative estimate of drug-likeness (QED) is 0.558. The van der Waals surface area contributed by atoms with Crippen LogP contribution in [0.4, 0.5) is 4.79 Å². The van der Waals surface area contributed by atoms with Gasteiger partial charge in [0.1, 0.15) is 6.61 Å². The van der Waals surface area contributed by atoms with Gasteiger partial charge in [-0.15, -0.1) is 18.2 Å². The minimum atomic E-state index is -0.245. The first-order valence-corrected chi connectivity index (χ1v) is 11.9. The molecular weight excluding hydrogens is 356 g/mol. The average Bonchev–Trinajstić information content (AvgIpc) is 3.34. The maximum Gasteiger partial charge on any atom is 0.410 e. The van der Waals surface area contributed by atoms with Crippen molar-refractivity contribution in [3.63, 3.8) is 0 Å². The lowest BCUT2D eigenvalue weighted by Gasteiger charge is -2.31. The Balaban J connectivity index is 0.00000123. The van der Waals surface area contributed by atoms with Crippen LogP contribution in [0.1, 0.15) is 73.6 Å². The van der Waals surface area contributed by atoms with E-state index in [0.29, 0.717) is 30.4 Å². The molecule has 0 bridgehead atoms. The van der Waals surface area contributed by atoms with E-state index in [9.17, 15) is 4.79 Å². The van der Waals surface area contributed by atoms with Gasteiger partial charge in [0.25, 0.3) is 0 Å². The van der Waals surface area contributed by atoms with E-state index in [4.69, 9.17) is 11.2 Å². The van der Waals surface area contributed by atoms with Gasteiger partial charge >= 0.3 is 6.09 Å². The number of carbonyl (C=O) groups excluding carboxylic acids is 1. The highest BCUT2D eigenvalue weighted by Crippen LogP contribution is 2.30. The van der Waals surface area contributed by atoms with Crippen LogP contribution < -0.4 is 5.32 Å². The summed E-state index contributed by atoms with van der Waals surface area (Å²) in [6.45, 7) is 14.9. The number of hydrogen-bond donors (Lipinski definition) is 1. The standard InChI is InChI=1S/C17H28N2O2S.C3H8.C2H6/c1-4-13(3)12-14(6-7-16-18-8-11-22-16)15(5-2)19-9-10-21-17(19)20;1-3-2;1-2/h2,13-16,18H,4,6-12H2,1,3H3;3H2,1-2H3;1-2H3/t13?,14-,15?,16?;;/m0../s1. The molecule has 2 aliphatic rings. The third-order valence-corrected chi connectivity index (χ3v) is 5.98. The first-order chi connectivity index (χ1) is 13.1. The topological polar surface area (TPSA) is 41.6 Å². The van der Waals surface area contributed by atoms with Crippen molar-refractivity contribution in [2.24, 2.45) is 11.8 Å². The summed E-state index contributed by atoms with van der Waals surface area (Å²) in [6.07, 6.45) is 11.2. The molecule has 3 unspecified atom stereocenters. The van der Waals surface area contributed by atoms with Gasteiger partial charge in [0.15, 0.2) is 0 Å². The van der Waals surface area contributed by atoms with Gasteiger partial charge in [0.05, 0.1) is 18.0 Å². The normalized spacial score (nSPS) is 21.7. The van der Waals surface area contributed by atoms with E-state index in [-0.39, 0.29) is 12.1 Å². The van der Waals surface area contributed by atoms with Crippen molar-refractivity contribution in [2.75, 3.05) is 25.4 Å². The van der Waals surface area contributed by atoms with E-state index in [2.05, 4.69) is 38.9 Å². The van der Waals surface area contributed by atoms with Crippen molar-refractivity contribution in [1.82, 2.24) is 10.2 Å². The molecule has 2 fully saturated rings. The number of rotatable bonds is 8. The Morgan fingerprint density at radius 3 is 2.48 bits per heavy atom. The summed E-state index contributed by atoms with van der Waals surface area (Å²) >= 11 is 1.99. The van der Waals surface area contributed by atoms with Crippen LogP contribution in [-0.2, 0) is 4.74 Å². The molecule has 158 valence electrons. The second kappa shape index (κ2) is 16.1. The highest BCUT2D eigenvalue weighted by Gasteiger charge is 2.34. The molecule has 0 spiro atoms. The molecule has 5 heteroatoms. The Hall–Kier alpha value is -0.860. The lowest BCUT2D eigenvalue weighted by molar-refractivity contribution is 0.139. The van der Waals surface area contributed by atoms with Crippen molar-refractivity contribution in [1.29, 1.82) is 0 Å². The minimum Gasteiger partial charge on any atom is -0.447 e. The van der Waals surface area contributed by atoms with Gasteiger partial charge in [-0.1, -0.05) is 60.3 Å². The van der Waals surface area contributed by atoms with Crippen LogP contribution in [0.3, 0.4) is 0 Å². The molecule has 2 saturated heterocycles.